The predicted molar refractivity (Wildman–Crippen MR) is 83.4 cm³/mol. The summed E-state index contributed by atoms with van der Waals surface area (Å²) in [5.41, 5.74) is 1.97. The van der Waals surface area contributed by atoms with Crippen LogP contribution < -0.4 is 4.72 Å². The molecule has 5 heteroatoms. The van der Waals surface area contributed by atoms with E-state index in [1.165, 1.54) is 0 Å². The molecule has 0 saturated carbocycles. The molecule has 0 aliphatic rings. The molecule has 0 aliphatic carbocycles. The van der Waals surface area contributed by atoms with E-state index in [0.717, 1.165) is 17.7 Å². The van der Waals surface area contributed by atoms with E-state index in [1.807, 2.05) is 34.0 Å². The molecule has 0 fully saturated rings. The molecule has 0 spiro atoms. The van der Waals surface area contributed by atoms with Gasteiger partial charge in [-0.25, -0.2) is 13.1 Å². The molecule has 0 unspecified atom stereocenters. The third kappa shape index (κ3) is 4.89. The molecule has 4 nitrogen and oxygen atoms in total. The van der Waals surface area contributed by atoms with E-state index in [9.17, 15) is 8.42 Å². The van der Waals surface area contributed by atoms with Gasteiger partial charge in [0.25, 0.3) is 0 Å². The van der Waals surface area contributed by atoms with Gasteiger partial charge in [0.2, 0.25) is 10.0 Å². The Labute approximate surface area is 123 Å². The van der Waals surface area contributed by atoms with Crippen LogP contribution in [0.5, 0.6) is 0 Å². The summed E-state index contributed by atoms with van der Waals surface area (Å²) >= 11 is 0. The largest absolute Gasteiger partial charge is 0.309 e. The van der Waals surface area contributed by atoms with Crippen LogP contribution >= 0.6 is 0 Å². The lowest BCUT2D eigenvalue weighted by molar-refractivity contribution is 0.242. The second kappa shape index (κ2) is 6.24. The zero-order valence-electron chi connectivity index (χ0n) is 13.3. The van der Waals surface area contributed by atoms with E-state index >= 15 is 0 Å². The third-order valence-electron chi connectivity index (χ3n) is 3.27. The number of benzene rings is 1. The average molecular weight is 298 g/mol. The van der Waals surface area contributed by atoms with Crippen molar-refractivity contribution in [2.24, 2.45) is 5.41 Å². The van der Waals surface area contributed by atoms with E-state index < -0.39 is 10.0 Å². The highest BCUT2D eigenvalue weighted by atomic mass is 32.2. The van der Waals surface area contributed by atoms with Gasteiger partial charge in [-0.15, -0.1) is 0 Å². The van der Waals surface area contributed by atoms with Crippen LogP contribution in [0.2, 0.25) is 0 Å². The first kappa shape index (κ1) is 17.1. The lowest BCUT2D eigenvalue weighted by Gasteiger charge is -2.28. The van der Waals surface area contributed by atoms with Crippen LogP contribution in [0.3, 0.4) is 0 Å². The zero-order valence-corrected chi connectivity index (χ0v) is 14.1. The number of nitrogens with one attached hydrogen (secondary N) is 1. The summed E-state index contributed by atoms with van der Waals surface area (Å²) in [5, 5.41) is 0. The summed E-state index contributed by atoms with van der Waals surface area (Å²) in [6, 6.07) is 5.22. The maximum absolute atomic E-state index is 12.3. The molecule has 0 saturated heterocycles. The molecule has 0 bridgehead atoms. The van der Waals surface area contributed by atoms with Gasteiger partial charge in [0.05, 0.1) is 4.90 Å². The minimum absolute atomic E-state index is 0.115. The summed E-state index contributed by atoms with van der Waals surface area (Å²) < 4.78 is 27.3. The molecule has 0 amide bonds. The summed E-state index contributed by atoms with van der Waals surface area (Å²) in [4.78, 5) is 2.39. The van der Waals surface area contributed by atoms with Crippen LogP contribution in [0.25, 0.3) is 0 Å². The summed E-state index contributed by atoms with van der Waals surface area (Å²) in [6.45, 7) is 9.23. The normalized spacial score (nSPS) is 12.9. The van der Waals surface area contributed by atoms with Crippen molar-refractivity contribution in [3.8, 4) is 0 Å². The van der Waals surface area contributed by atoms with Crippen LogP contribution in [0, 0.1) is 19.3 Å². The number of hydrogen-bond donors (Lipinski definition) is 1. The van der Waals surface area contributed by atoms with Crippen molar-refractivity contribution >= 4 is 10.0 Å². The monoisotopic (exact) mass is 298 g/mol. The van der Waals surface area contributed by atoms with Crippen LogP contribution in [-0.4, -0.2) is 40.5 Å². The topological polar surface area (TPSA) is 49.4 Å². The van der Waals surface area contributed by atoms with Gasteiger partial charge in [-0.1, -0.05) is 19.9 Å². The first-order valence-corrected chi connectivity index (χ1v) is 8.23. The fourth-order valence-electron chi connectivity index (χ4n) is 2.17. The highest BCUT2D eigenvalue weighted by Gasteiger charge is 2.23. The molecule has 0 aromatic heterocycles. The Balaban J connectivity index is 2.82. The minimum atomic E-state index is -3.44. The Bertz CT molecular complexity index is 563. The second-order valence-electron chi connectivity index (χ2n) is 6.47. The maximum Gasteiger partial charge on any atom is 0.240 e. The molecule has 0 heterocycles. The highest BCUT2D eigenvalue weighted by molar-refractivity contribution is 7.89. The van der Waals surface area contributed by atoms with Gasteiger partial charge in [0.1, 0.15) is 0 Å². The van der Waals surface area contributed by atoms with Gasteiger partial charge in [0, 0.05) is 13.1 Å². The zero-order chi connectivity index (χ0) is 15.6. The van der Waals surface area contributed by atoms with E-state index in [4.69, 9.17) is 0 Å². The molecule has 0 atom stereocenters. The lowest BCUT2D eigenvalue weighted by atomic mass is 9.93. The Morgan fingerprint density at radius 1 is 1.15 bits per heavy atom. The summed E-state index contributed by atoms with van der Waals surface area (Å²) in [7, 11) is 0.534. The summed E-state index contributed by atoms with van der Waals surface area (Å²) in [6.07, 6.45) is 0. The number of nitrogens with zero attached hydrogens (tertiary/aromatic N) is 1. The van der Waals surface area contributed by atoms with Crippen molar-refractivity contribution in [2.75, 3.05) is 27.2 Å². The van der Waals surface area contributed by atoms with Gasteiger partial charge < -0.3 is 4.90 Å². The van der Waals surface area contributed by atoms with E-state index in [-0.39, 0.29) is 5.41 Å². The number of aryl methyl sites for hydroxylation is 2. The standard InChI is InChI=1S/C15H26N2O2S/c1-12-7-8-14(9-13(12)2)20(18,19)16-10-15(3,4)11-17(5)6/h7-9,16H,10-11H2,1-6H3. The van der Waals surface area contributed by atoms with E-state index in [2.05, 4.69) is 23.5 Å². The molecule has 1 aromatic rings. The molecule has 20 heavy (non-hydrogen) atoms. The first-order chi connectivity index (χ1) is 9.03. The Kier molecular flexibility index (Phi) is 5.35. The number of hydrogen-bond acceptors (Lipinski definition) is 3. The molecule has 114 valence electrons. The average Bonchev–Trinajstić information content (AvgIpc) is 2.29. The quantitative estimate of drug-likeness (QED) is 0.875. The lowest BCUT2D eigenvalue weighted by Crippen LogP contribution is -2.39. The molecular formula is C15H26N2O2S. The van der Waals surface area contributed by atoms with Gasteiger partial charge in [-0.3, -0.25) is 0 Å². The first-order valence-electron chi connectivity index (χ1n) is 6.75. The number of rotatable bonds is 6. The maximum atomic E-state index is 12.3. The van der Waals surface area contributed by atoms with Crippen molar-refractivity contribution in [2.45, 2.75) is 32.6 Å². The van der Waals surface area contributed by atoms with E-state index in [1.54, 1.807) is 12.1 Å². The second-order valence-corrected chi connectivity index (χ2v) is 8.24. The fourth-order valence-corrected chi connectivity index (χ4v) is 3.49. The number of sulfonamides is 1. The highest BCUT2D eigenvalue weighted by Crippen LogP contribution is 2.18. The summed E-state index contributed by atoms with van der Waals surface area (Å²) in [5.74, 6) is 0. The molecular weight excluding hydrogens is 272 g/mol. The molecule has 1 N–H and O–H groups in total. The van der Waals surface area contributed by atoms with Crippen molar-refractivity contribution in [3.63, 3.8) is 0 Å². The smallest absolute Gasteiger partial charge is 0.240 e. The molecule has 1 aromatic carbocycles. The molecule has 1 rings (SSSR count). The van der Waals surface area contributed by atoms with Crippen molar-refractivity contribution in [3.05, 3.63) is 29.3 Å². The third-order valence-corrected chi connectivity index (χ3v) is 4.67. The van der Waals surface area contributed by atoms with E-state index in [0.29, 0.717) is 11.4 Å². The SMILES string of the molecule is Cc1ccc(S(=O)(=O)NCC(C)(C)CN(C)C)cc1C. The Morgan fingerprint density at radius 3 is 2.25 bits per heavy atom. The Hall–Kier alpha value is -0.910. The van der Waals surface area contributed by atoms with Gasteiger partial charge in [-0.2, -0.15) is 0 Å². The van der Waals surface area contributed by atoms with Crippen LogP contribution in [0.15, 0.2) is 23.1 Å². The Morgan fingerprint density at radius 2 is 1.75 bits per heavy atom. The van der Waals surface area contributed by atoms with Gasteiger partial charge in [-0.05, 0) is 56.6 Å². The van der Waals surface area contributed by atoms with Gasteiger partial charge in [0.15, 0.2) is 0 Å². The molecule has 0 radical (unpaired) electrons. The van der Waals surface area contributed by atoms with Gasteiger partial charge >= 0.3 is 0 Å². The van der Waals surface area contributed by atoms with Crippen LogP contribution in [0.1, 0.15) is 25.0 Å². The fraction of sp³-hybridized carbons (Fsp3) is 0.600. The minimum Gasteiger partial charge on any atom is -0.309 e. The van der Waals surface area contributed by atoms with Crippen molar-refractivity contribution in [1.29, 1.82) is 0 Å². The van der Waals surface area contributed by atoms with Crippen molar-refractivity contribution in [1.82, 2.24) is 9.62 Å². The van der Waals surface area contributed by atoms with Crippen LogP contribution in [0.4, 0.5) is 0 Å². The van der Waals surface area contributed by atoms with Crippen molar-refractivity contribution < 1.29 is 8.42 Å². The molecule has 0 aliphatic heterocycles. The predicted octanol–water partition coefficient (Wildman–Crippen LogP) is 2.17. The van der Waals surface area contributed by atoms with Crippen LogP contribution in [-0.2, 0) is 10.0 Å².